The van der Waals surface area contributed by atoms with Crippen molar-refractivity contribution in [3.8, 4) is 0 Å². The number of unbranched alkanes of at least 4 members (excludes halogenated alkanes) is 22. The molecule has 614 valence electrons. The molecule has 17 nitrogen and oxygen atoms in total. The molecule has 5 unspecified atom stereocenters. The number of phosphoric acid groups is 2. The molecule has 3 N–H and O–H groups in total. The number of aliphatic hydroxyl groups is 1. The maximum Gasteiger partial charge on any atom is 0.472 e. The Bertz CT molecular complexity index is 2710. The van der Waals surface area contributed by atoms with Crippen molar-refractivity contribution >= 4 is 39.5 Å². The first kappa shape index (κ1) is 102. The highest BCUT2D eigenvalue weighted by molar-refractivity contribution is 7.47. The van der Waals surface area contributed by atoms with Crippen molar-refractivity contribution in [3.05, 3.63) is 170 Å². The summed E-state index contributed by atoms with van der Waals surface area (Å²) in [6.45, 7) is 4.47. The van der Waals surface area contributed by atoms with Crippen LogP contribution in [0.5, 0.6) is 0 Å². The molecule has 0 saturated carbocycles. The summed E-state index contributed by atoms with van der Waals surface area (Å²) in [5.41, 5.74) is 0. The second-order valence-electron chi connectivity index (χ2n) is 26.9. The number of ether oxygens (including phenoxy) is 4. The quantitative estimate of drug-likeness (QED) is 0.0169. The van der Waals surface area contributed by atoms with Gasteiger partial charge >= 0.3 is 39.5 Å². The molecule has 0 saturated heterocycles. The SMILES string of the molecule is CC/C=C\C/C=C\C/C=C\C/C=C\C/C=C\C/C=C\CCC(=O)OCC(COP(=O)(O)OCC(O)COP(=O)(O)OCC(COC(=O)CCCCCCC/C=C\C/C=C\CCCCC)OC(=O)CCCCCCC/C=C\CCCCCCCC)OC(=O)CCCCC/C=C\C/C=C\C/C=C\C/C=C\C/C=C\CC. The lowest BCUT2D eigenvalue weighted by Crippen LogP contribution is -2.30. The molecule has 0 radical (unpaired) electrons. The molecule has 0 rings (SSSR count). The number of allylic oxidation sites excluding steroid dienone is 28. The summed E-state index contributed by atoms with van der Waals surface area (Å²) >= 11 is 0. The van der Waals surface area contributed by atoms with Gasteiger partial charge in [0, 0.05) is 25.7 Å². The predicted octanol–water partition coefficient (Wildman–Crippen LogP) is 24.6. The minimum absolute atomic E-state index is 0.0219. The molecular weight excluding hydrogens is 1400 g/mol. The average Bonchev–Trinajstić information content (AvgIpc) is 0.896. The normalized spacial score (nSPS) is 14.7. The van der Waals surface area contributed by atoms with Crippen molar-refractivity contribution in [1.29, 1.82) is 0 Å². The van der Waals surface area contributed by atoms with E-state index in [9.17, 15) is 43.2 Å². The van der Waals surface area contributed by atoms with Crippen LogP contribution in [0.4, 0.5) is 0 Å². The van der Waals surface area contributed by atoms with Crippen LogP contribution in [0.15, 0.2) is 170 Å². The smallest absolute Gasteiger partial charge is 0.462 e. The zero-order valence-corrected chi connectivity index (χ0v) is 69.0. The number of hydrogen-bond acceptors (Lipinski definition) is 15. The van der Waals surface area contributed by atoms with E-state index in [0.717, 1.165) is 167 Å². The van der Waals surface area contributed by atoms with E-state index >= 15 is 0 Å². The van der Waals surface area contributed by atoms with Gasteiger partial charge in [0.05, 0.1) is 26.4 Å². The highest BCUT2D eigenvalue weighted by atomic mass is 31.2. The minimum atomic E-state index is -5.02. The Labute approximate surface area is 654 Å². The number of hydrogen-bond donors (Lipinski definition) is 3. The van der Waals surface area contributed by atoms with E-state index in [-0.39, 0.29) is 25.7 Å². The Kier molecular flexibility index (Phi) is 75.4. The summed E-state index contributed by atoms with van der Waals surface area (Å²) in [7, 11) is -10.0. The lowest BCUT2D eigenvalue weighted by atomic mass is 10.1. The van der Waals surface area contributed by atoms with Gasteiger partial charge in [-0.15, -0.1) is 0 Å². The number of rotatable bonds is 76. The van der Waals surface area contributed by atoms with Crippen LogP contribution in [0.1, 0.15) is 310 Å². The van der Waals surface area contributed by atoms with Crippen molar-refractivity contribution in [1.82, 2.24) is 0 Å². The Hall–Kier alpha value is -5.58. The van der Waals surface area contributed by atoms with E-state index in [2.05, 4.69) is 180 Å². The molecule has 0 aliphatic carbocycles. The molecule has 5 atom stereocenters. The first-order chi connectivity index (χ1) is 52.7. The van der Waals surface area contributed by atoms with E-state index in [1.807, 2.05) is 18.2 Å². The highest BCUT2D eigenvalue weighted by Crippen LogP contribution is 2.45. The second-order valence-corrected chi connectivity index (χ2v) is 29.8. The van der Waals surface area contributed by atoms with Crippen molar-refractivity contribution < 1.29 is 80.2 Å². The van der Waals surface area contributed by atoms with Gasteiger partial charge in [-0.2, -0.15) is 0 Å². The Morgan fingerprint density at radius 2 is 0.500 bits per heavy atom. The third-order valence-electron chi connectivity index (χ3n) is 16.7. The lowest BCUT2D eigenvalue weighted by molar-refractivity contribution is -0.161. The summed E-state index contributed by atoms with van der Waals surface area (Å²) in [4.78, 5) is 73.1. The molecule has 0 spiro atoms. The zero-order valence-electron chi connectivity index (χ0n) is 67.2. The summed E-state index contributed by atoms with van der Waals surface area (Å²) < 4.78 is 68.6. The first-order valence-corrected chi connectivity index (χ1v) is 44.4. The van der Waals surface area contributed by atoms with Crippen LogP contribution >= 0.6 is 15.6 Å². The Morgan fingerprint density at radius 1 is 0.269 bits per heavy atom. The molecule has 0 aromatic carbocycles. The number of phosphoric ester groups is 2. The summed E-state index contributed by atoms with van der Waals surface area (Å²) in [5, 5.41) is 10.7. The third kappa shape index (κ3) is 78.5. The zero-order chi connectivity index (χ0) is 78.9. The number of esters is 4. The summed E-state index contributed by atoms with van der Waals surface area (Å²) in [6, 6.07) is 0. The van der Waals surface area contributed by atoms with Crippen LogP contribution in [0, 0.1) is 0 Å². The summed E-state index contributed by atoms with van der Waals surface area (Å²) in [6.07, 6.45) is 94.8. The van der Waals surface area contributed by atoms with Crippen LogP contribution in [0.2, 0.25) is 0 Å². The topological polar surface area (TPSA) is 237 Å². The monoisotopic (exact) mass is 1550 g/mol. The third-order valence-corrected chi connectivity index (χ3v) is 18.6. The van der Waals surface area contributed by atoms with Gasteiger partial charge in [0.2, 0.25) is 0 Å². The maximum atomic E-state index is 13.1. The molecule has 0 bridgehead atoms. The molecule has 19 heteroatoms. The van der Waals surface area contributed by atoms with Gasteiger partial charge in [-0.3, -0.25) is 37.3 Å². The molecule has 0 aromatic rings. The maximum absolute atomic E-state index is 13.1. The highest BCUT2D eigenvalue weighted by Gasteiger charge is 2.30. The van der Waals surface area contributed by atoms with Gasteiger partial charge in [-0.1, -0.05) is 288 Å². The average molecular weight is 1550 g/mol. The van der Waals surface area contributed by atoms with Crippen LogP contribution in [0.25, 0.3) is 0 Å². The van der Waals surface area contributed by atoms with Gasteiger partial charge in [-0.25, -0.2) is 9.13 Å². The van der Waals surface area contributed by atoms with Gasteiger partial charge in [0.1, 0.15) is 19.3 Å². The fourth-order valence-electron chi connectivity index (χ4n) is 10.4. The van der Waals surface area contributed by atoms with E-state index < -0.39 is 97.5 Å². The van der Waals surface area contributed by atoms with Crippen molar-refractivity contribution in [3.63, 3.8) is 0 Å². The van der Waals surface area contributed by atoms with E-state index in [1.165, 1.54) is 57.8 Å². The summed E-state index contributed by atoms with van der Waals surface area (Å²) in [5.74, 6) is -2.34. The molecule has 0 amide bonds. The number of aliphatic hydroxyl groups excluding tert-OH is 1. The number of carbonyl (C=O) groups excluding carboxylic acids is 4. The largest absolute Gasteiger partial charge is 0.472 e. The molecule has 0 heterocycles. The molecule has 0 fully saturated rings. The minimum Gasteiger partial charge on any atom is -0.462 e. The number of carbonyl (C=O) groups is 4. The molecule has 0 aliphatic rings. The van der Waals surface area contributed by atoms with Gasteiger partial charge < -0.3 is 33.8 Å². The van der Waals surface area contributed by atoms with Crippen molar-refractivity contribution in [2.45, 2.75) is 329 Å². The van der Waals surface area contributed by atoms with Gasteiger partial charge in [-0.05, 0) is 167 Å². The van der Waals surface area contributed by atoms with Crippen LogP contribution in [-0.4, -0.2) is 96.7 Å². The van der Waals surface area contributed by atoms with Crippen LogP contribution in [-0.2, 0) is 65.4 Å². The van der Waals surface area contributed by atoms with Crippen LogP contribution < -0.4 is 0 Å². The van der Waals surface area contributed by atoms with Gasteiger partial charge in [0.25, 0.3) is 0 Å². The second kappa shape index (κ2) is 79.5. The van der Waals surface area contributed by atoms with Crippen LogP contribution in [0.3, 0.4) is 0 Å². The fourth-order valence-corrected chi connectivity index (χ4v) is 12.0. The fraction of sp³-hybridized carbons (Fsp3) is 0.640. The van der Waals surface area contributed by atoms with E-state index in [1.54, 1.807) is 0 Å². The standard InChI is InChI=1S/C89H146O17P2/c1-5-9-13-17-21-25-29-33-37-39-41-43-47-50-54-58-62-66-70-74-87(92)100-80-85(106-89(94)76-72-68-64-60-56-52-48-44-42-40-38-34-30-26-22-18-14-10-6-2)82-104-108(97,98)102-78-83(90)77-101-107(95,96)103-81-84(105-88(93)75-71-67-63-59-55-51-46-36-32-28-24-20-16-12-8-4)79-99-86(91)73-69-65-61-57-53-49-45-35-31-27-23-19-15-11-7-3/h9-10,13-14,21-23,25-27,33-38,41-46,50,52,54,56,62,66,83-85,90H,5-8,11-12,15-20,24,28-32,39-40,47-49,51,53,55,57-61,63-65,67-82H2,1-4H3,(H,95,96)(H,97,98)/b13-9-,14-10-,25-21-,26-22-,27-23-,37-33-,38-34-,43-41-,44-42-,45-35-,46-36-,54-50-,56-52-,66-62-. The van der Waals surface area contributed by atoms with Crippen molar-refractivity contribution in [2.75, 3.05) is 39.6 Å². The molecule has 0 aliphatic heterocycles. The molecular formula is C89H146O17P2. The Balaban J connectivity index is 5.51. The first-order valence-electron chi connectivity index (χ1n) is 41.4. The van der Waals surface area contributed by atoms with E-state index in [0.29, 0.717) is 32.1 Å². The Morgan fingerprint density at radius 3 is 0.833 bits per heavy atom. The van der Waals surface area contributed by atoms with E-state index in [4.69, 9.17) is 37.0 Å². The predicted molar refractivity (Wildman–Crippen MR) is 445 cm³/mol. The van der Waals surface area contributed by atoms with Gasteiger partial charge in [0.15, 0.2) is 12.2 Å². The van der Waals surface area contributed by atoms with Crippen molar-refractivity contribution in [2.24, 2.45) is 0 Å². The molecule has 108 heavy (non-hydrogen) atoms. The molecule has 0 aromatic heterocycles. The lowest BCUT2D eigenvalue weighted by Gasteiger charge is -2.21.